The fourth-order valence-corrected chi connectivity index (χ4v) is 4.87. The van der Waals surface area contributed by atoms with E-state index in [0.29, 0.717) is 25.6 Å². The lowest BCUT2D eigenvalue weighted by Crippen LogP contribution is -2.27. The van der Waals surface area contributed by atoms with Crippen LogP contribution in [0.2, 0.25) is 0 Å². The molecule has 1 N–H and O–H groups in total. The molecular weight excluding hydrogens is 408 g/mol. The number of amides is 1. The lowest BCUT2D eigenvalue weighted by atomic mass is 10.3. The Morgan fingerprint density at radius 2 is 2.11 bits per heavy atom. The zero-order chi connectivity index (χ0) is 19.2. The second kappa shape index (κ2) is 6.51. The number of aromatic nitrogens is 3. The molecule has 0 saturated heterocycles. The van der Waals surface area contributed by atoms with E-state index in [4.69, 9.17) is 0 Å². The average Bonchev–Trinajstić information content (AvgIpc) is 3.22. The van der Waals surface area contributed by atoms with Gasteiger partial charge in [0.15, 0.2) is 15.0 Å². The smallest absolute Gasteiger partial charge is 0.262 e. The number of carbonyl (C=O) groups excluding carboxylic acids is 1. The van der Waals surface area contributed by atoms with Crippen LogP contribution in [0.15, 0.2) is 45.7 Å². The van der Waals surface area contributed by atoms with Gasteiger partial charge in [0.05, 0.1) is 26.8 Å². The second-order valence-corrected chi connectivity index (χ2v) is 9.73. The van der Waals surface area contributed by atoms with Crippen LogP contribution in [-0.4, -0.2) is 35.1 Å². The average molecular weight is 420 g/mol. The van der Waals surface area contributed by atoms with Gasteiger partial charge in [0, 0.05) is 6.26 Å². The van der Waals surface area contributed by atoms with Crippen LogP contribution >= 0.6 is 22.7 Å². The molecule has 0 atom stereocenters. The predicted octanol–water partition coefficient (Wildman–Crippen LogP) is 2.11. The van der Waals surface area contributed by atoms with Gasteiger partial charge >= 0.3 is 0 Å². The van der Waals surface area contributed by atoms with Crippen LogP contribution in [0.3, 0.4) is 0 Å². The summed E-state index contributed by atoms with van der Waals surface area (Å²) in [4.78, 5) is 33.9. The first-order chi connectivity index (χ1) is 12.8. The molecule has 1 amide bonds. The minimum atomic E-state index is -3.32. The molecule has 0 bridgehead atoms. The molecule has 138 valence electrons. The summed E-state index contributed by atoms with van der Waals surface area (Å²) in [7, 11) is -3.32. The second-order valence-electron chi connectivity index (χ2n) is 5.79. The number of rotatable bonds is 4. The van der Waals surface area contributed by atoms with Gasteiger partial charge in [0.2, 0.25) is 5.91 Å². The molecule has 0 unspecified atom stereocenters. The summed E-state index contributed by atoms with van der Waals surface area (Å²) in [6.07, 6.45) is 2.48. The summed E-state index contributed by atoms with van der Waals surface area (Å²) in [6, 6.07) is 6.27. The highest BCUT2D eigenvalue weighted by molar-refractivity contribution is 7.90. The lowest BCUT2D eigenvalue weighted by molar-refractivity contribution is -0.116. The number of thiophene rings is 1. The van der Waals surface area contributed by atoms with Gasteiger partial charge in [-0.05, 0) is 29.6 Å². The molecule has 3 aromatic heterocycles. The van der Waals surface area contributed by atoms with Gasteiger partial charge in [-0.2, -0.15) is 0 Å². The molecule has 0 aliphatic rings. The van der Waals surface area contributed by atoms with E-state index in [1.165, 1.54) is 45.7 Å². The van der Waals surface area contributed by atoms with Crippen LogP contribution in [0, 0.1) is 0 Å². The molecule has 0 radical (unpaired) electrons. The molecule has 0 saturated carbocycles. The normalized spacial score (nSPS) is 11.9. The van der Waals surface area contributed by atoms with Gasteiger partial charge in [-0.15, -0.1) is 11.3 Å². The van der Waals surface area contributed by atoms with Crippen molar-refractivity contribution in [2.45, 2.75) is 11.4 Å². The van der Waals surface area contributed by atoms with Crippen molar-refractivity contribution in [3.05, 3.63) is 46.3 Å². The minimum Gasteiger partial charge on any atom is -0.300 e. The fourth-order valence-electron chi connectivity index (χ4n) is 2.51. The number of thiazole rings is 1. The Morgan fingerprint density at radius 3 is 2.89 bits per heavy atom. The summed E-state index contributed by atoms with van der Waals surface area (Å²) in [5, 5.41) is 5.22. The van der Waals surface area contributed by atoms with Crippen molar-refractivity contribution in [3.63, 3.8) is 0 Å². The van der Waals surface area contributed by atoms with Crippen molar-refractivity contribution < 1.29 is 13.2 Å². The fraction of sp³-hybridized carbons (Fsp3) is 0.125. The van der Waals surface area contributed by atoms with E-state index in [1.54, 1.807) is 17.5 Å². The Kier molecular flexibility index (Phi) is 4.29. The van der Waals surface area contributed by atoms with Gasteiger partial charge in [-0.3, -0.25) is 14.2 Å². The Hall–Kier alpha value is -2.63. The molecule has 4 aromatic rings. The summed E-state index contributed by atoms with van der Waals surface area (Å²) in [6.45, 7) is -0.192. The Labute approximate surface area is 161 Å². The maximum absolute atomic E-state index is 12.3. The predicted molar refractivity (Wildman–Crippen MR) is 105 cm³/mol. The van der Waals surface area contributed by atoms with Crippen molar-refractivity contribution in [2.75, 3.05) is 11.6 Å². The first kappa shape index (κ1) is 17.8. The Morgan fingerprint density at radius 1 is 1.30 bits per heavy atom. The van der Waals surface area contributed by atoms with Gasteiger partial charge in [-0.25, -0.2) is 18.4 Å². The third-order valence-electron chi connectivity index (χ3n) is 3.80. The van der Waals surface area contributed by atoms with E-state index in [9.17, 15) is 18.0 Å². The van der Waals surface area contributed by atoms with Crippen LogP contribution in [-0.2, 0) is 21.2 Å². The highest BCUT2D eigenvalue weighted by Crippen LogP contribution is 2.28. The third-order valence-corrected chi connectivity index (χ3v) is 6.66. The van der Waals surface area contributed by atoms with Crippen LogP contribution < -0.4 is 10.9 Å². The maximum atomic E-state index is 12.3. The summed E-state index contributed by atoms with van der Waals surface area (Å²) in [5.74, 6) is -0.420. The molecule has 0 aliphatic heterocycles. The van der Waals surface area contributed by atoms with Crippen molar-refractivity contribution in [2.24, 2.45) is 0 Å². The molecule has 27 heavy (non-hydrogen) atoms. The number of anilines is 1. The van der Waals surface area contributed by atoms with Crippen LogP contribution in [0.4, 0.5) is 5.13 Å². The number of nitrogens with one attached hydrogen (secondary N) is 1. The Balaban J connectivity index is 1.57. The molecule has 0 fully saturated rings. The molecule has 0 aliphatic carbocycles. The van der Waals surface area contributed by atoms with E-state index in [2.05, 4.69) is 15.3 Å². The van der Waals surface area contributed by atoms with Crippen molar-refractivity contribution in [3.8, 4) is 0 Å². The van der Waals surface area contributed by atoms with E-state index < -0.39 is 15.7 Å². The largest absolute Gasteiger partial charge is 0.300 e. The molecule has 4 rings (SSSR count). The number of nitrogens with zero attached hydrogens (tertiary/aromatic N) is 3. The van der Waals surface area contributed by atoms with E-state index in [0.717, 1.165) is 6.26 Å². The molecule has 3 heterocycles. The number of carbonyl (C=O) groups is 1. The highest BCUT2D eigenvalue weighted by atomic mass is 32.2. The van der Waals surface area contributed by atoms with Gasteiger partial charge < -0.3 is 5.32 Å². The number of hydrogen-bond acceptors (Lipinski definition) is 8. The zero-order valence-electron chi connectivity index (χ0n) is 13.9. The number of hydrogen-bond donors (Lipinski definition) is 1. The van der Waals surface area contributed by atoms with Gasteiger partial charge in [0.1, 0.15) is 11.4 Å². The molecule has 0 spiro atoms. The topological polar surface area (TPSA) is 111 Å². The standard InChI is InChI=1S/C16H12N4O4S3/c1-27(23,24)9-2-3-11-12(6-9)26-16(18-11)19-13(21)7-20-8-17-14-10(15(20)22)4-5-25-14/h2-6,8H,7H2,1H3,(H,18,19,21). The quantitative estimate of drug-likeness (QED) is 0.541. The molecule has 8 nitrogen and oxygen atoms in total. The van der Waals surface area contributed by atoms with Crippen molar-refractivity contribution in [1.82, 2.24) is 14.5 Å². The molecule has 11 heteroatoms. The monoisotopic (exact) mass is 420 g/mol. The number of sulfone groups is 1. The van der Waals surface area contributed by atoms with Crippen molar-refractivity contribution >= 4 is 64.0 Å². The molecular formula is C16H12N4O4S3. The maximum Gasteiger partial charge on any atom is 0.262 e. The summed E-state index contributed by atoms with van der Waals surface area (Å²) >= 11 is 2.53. The summed E-state index contributed by atoms with van der Waals surface area (Å²) < 4.78 is 25.2. The third kappa shape index (κ3) is 3.48. The minimum absolute atomic E-state index is 0.192. The van der Waals surface area contributed by atoms with Crippen molar-refractivity contribution in [1.29, 1.82) is 0 Å². The molecule has 1 aromatic carbocycles. The van der Waals surface area contributed by atoms with Crippen LogP contribution in [0.1, 0.15) is 0 Å². The lowest BCUT2D eigenvalue weighted by Gasteiger charge is -2.04. The summed E-state index contributed by atoms with van der Waals surface area (Å²) in [5.41, 5.74) is 0.305. The van der Waals surface area contributed by atoms with Gasteiger partial charge in [0.25, 0.3) is 5.56 Å². The SMILES string of the molecule is CS(=O)(=O)c1ccc2nc(NC(=O)Cn3cnc4sccc4c3=O)sc2c1. The van der Waals surface area contributed by atoms with Crippen LogP contribution in [0.5, 0.6) is 0 Å². The first-order valence-corrected chi connectivity index (χ1v) is 11.2. The van der Waals surface area contributed by atoms with Crippen LogP contribution in [0.25, 0.3) is 20.4 Å². The van der Waals surface area contributed by atoms with E-state index in [1.807, 2.05) is 0 Å². The van der Waals surface area contributed by atoms with E-state index >= 15 is 0 Å². The van der Waals surface area contributed by atoms with E-state index in [-0.39, 0.29) is 17.0 Å². The number of benzene rings is 1. The number of fused-ring (bicyclic) bond motifs is 2. The zero-order valence-corrected chi connectivity index (χ0v) is 16.3. The van der Waals surface area contributed by atoms with Gasteiger partial charge in [-0.1, -0.05) is 11.3 Å². The highest BCUT2D eigenvalue weighted by Gasteiger charge is 2.13. The Bertz CT molecular complexity index is 1350. The first-order valence-electron chi connectivity index (χ1n) is 7.64.